The molecule has 0 amide bonds. The summed E-state index contributed by atoms with van der Waals surface area (Å²) >= 11 is 0. The first-order chi connectivity index (χ1) is 4.91. The van der Waals surface area contributed by atoms with Crippen molar-refractivity contribution in [3.05, 3.63) is 24.7 Å². The minimum atomic E-state index is 0.633. The van der Waals surface area contributed by atoms with Gasteiger partial charge in [-0.05, 0) is 12.5 Å². The van der Waals surface area contributed by atoms with Crippen molar-refractivity contribution in [1.82, 2.24) is 0 Å². The third-order valence-corrected chi connectivity index (χ3v) is 0.936. The smallest absolute Gasteiger partial charge is 0.0908 e. The summed E-state index contributed by atoms with van der Waals surface area (Å²) in [4.78, 5) is 0. The Morgan fingerprint density at radius 2 is 2.20 bits per heavy atom. The van der Waals surface area contributed by atoms with E-state index in [0.717, 1.165) is 19.1 Å². The molecule has 0 aliphatic carbocycles. The molecule has 0 aromatic carbocycles. The maximum Gasteiger partial charge on any atom is 0.0908 e. The van der Waals surface area contributed by atoms with Gasteiger partial charge in [0.15, 0.2) is 0 Å². The second-order valence-electron chi connectivity index (χ2n) is 1.82. The minimum absolute atomic E-state index is 0.633. The van der Waals surface area contributed by atoms with Crippen molar-refractivity contribution in [2.45, 2.75) is 19.8 Å². The molecule has 58 valence electrons. The first-order valence-corrected chi connectivity index (χ1v) is 3.47. The summed E-state index contributed by atoms with van der Waals surface area (Å²) in [5, 5.41) is 8.21. The Hall–Kier alpha value is -0.920. The highest BCUT2D eigenvalue weighted by atomic mass is 16.5. The van der Waals surface area contributed by atoms with Crippen LogP contribution in [-0.4, -0.2) is 11.7 Å². The van der Waals surface area contributed by atoms with Crippen molar-refractivity contribution in [2.75, 3.05) is 6.61 Å². The van der Waals surface area contributed by atoms with E-state index >= 15 is 0 Å². The Kier molecular flexibility index (Phi) is 7.34. The van der Waals surface area contributed by atoms with Gasteiger partial charge in [0.2, 0.25) is 0 Å². The predicted molar refractivity (Wildman–Crippen MR) is 41.8 cm³/mol. The average molecular weight is 142 g/mol. The van der Waals surface area contributed by atoms with Crippen LogP contribution < -0.4 is 0 Å². The standard InChI is InChI=1S/C8H14O2/c1-2-3-7-10-8-5-4-6-9/h3-4,6-7,9H,2,5,8H2,1H3. The quantitative estimate of drug-likeness (QED) is 0.471. The fourth-order valence-corrected chi connectivity index (χ4v) is 0.443. The fourth-order valence-electron chi connectivity index (χ4n) is 0.443. The fraction of sp³-hybridized carbons (Fsp3) is 0.500. The van der Waals surface area contributed by atoms with Gasteiger partial charge in [-0.25, -0.2) is 0 Å². The summed E-state index contributed by atoms with van der Waals surface area (Å²) in [5.41, 5.74) is 0. The van der Waals surface area contributed by atoms with Gasteiger partial charge in [0.1, 0.15) is 0 Å². The van der Waals surface area contributed by atoms with Crippen LogP contribution in [0.1, 0.15) is 19.8 Å². The molecular weight excluding hydrogens is 128 g/mol. The first-order valence-electron chi connectivity index (χ1n) is 3.47. The van der Waals surface area contributed by atoms with Crippen molar-refractivity contribution < 1.29 is 9.84 Å². The topological polar surface area (TPSA) is 29.5 Å². The van der Waals surface area contributed by atoms with E-state index in [1.54, 1.807) is 12.3 Å². The van der Waals surface area contributed by atoms with E-state index in [0.29, 0.717) is 6.61 Å². The highest BCUT2D eigenvalue weighted by Gasteiger charge is 1.76. The summed E-state index contributed by atoms with van der Waals surface area (Å²) in [7, 11) is 0. The summed E-state index contributed by atoms with van der Waals surface area (Å²) in [6.45, 7) is 2.68. The second kappa shape index (κ2) is 8.08. The molecule has 10 heavy (non-hydrogen) atoms. The largest absolute Gasteiger partial charge is 0.516 e. The van der Waals surface area contributed by atoms with Crippen molar-refractivity contribution in [3.8, 4) is 0 Å². The molecule has 0 atom stereocenters. The molecule has 2 heteroatoms. The lowest BCUT2D eigenvalue weighted by Crippen LogP contribution is -1.83. The third-order valence-electron chi connectivity index (χ3n) is 0.936. The lowest BCUT2D eigenvalue weighted by Gasteiger charge is -1.94. The molecule has 0 spiro atoms. The van der Waals surface area contributed by atoms with E-state index in [1.807, 2.05) is 13.0 Å². The Labute approximate surface area is 61.8 Å². The van der Waals surface area contributed by atoms with Gasteiger partial charge in [-0.2, -0.15) is 0 Å². The van der Waals surface area contributed by atoms with Gasteiger partial charge in [0, 0.05) is 6.42 Å². The van der Waals surface area contributed by atoms with Crippen LogP contribution in [0, 0.1) is 0 Å². The van der Waals surface area contributed by atoms with Gasteiger partial charge in [-0.3, -0.25) is 0 Å². The second-order valence-corrected chi connectivity index (χ2v) is 1.82. The zero-order chi connectivity index (χ0) is 7.66. The van der Waals surface area contributed by atoms with Crippen LogP contribution in [0.15, 0.2) is 24.7 Å². The molecule has 0 fully saturated rings. The van der Waals surface area contributed by atoms with Crippen LogP contribution in [-0.2, 0) is 4.74 Å². The lowest BCUT2D eigenvalue weighted by atomic mass is 10.4. The lowest BCUT2D eigenvalue weighted by molar-refractivity contribution is 0.254. The van der Waals surface area contributed by atoms with Crippen LogP contribution in [0.3, 0.4) is 0 Å². The van der Waals surface area contributed by atoms with Crippen LogP contribution in [0.4, 0.5) is 0 Å². The van der Waals surface area contributed by atoms with E-state index in [1.165, 1.54) is 0 Å². The molecule has 2 nitrogen and oxygen atoms in total. The summed E-state index contributed by atoms with van der Waals surface area (Å²) in [5.74, 6) is 0. The molecule has 0 aromatic heterocycles. The normalized spacial score (nSPS) is 11.3. The van der Waals surface area contributed by atoms with Gasteiger partial charge in [-0.15, -0.1) is 0 Å². The minimum Gasteiger partial charge on any atom is -0.516 e. The Bertz CT molecular complexity index is 106. The molecule has 0 rings (SSSR count). The molecule has 0 radical (unpaired) electrons. The molecule has 0 heterocycles. The van der Waals surface area contributed by atoms with E-state index in [4.69, 9.17) is 9.84 Å². The van der Waals surface area contributed by atoms with Crippen LogP contribution in [0.5, 0.6) is 0 Å². The molecule has 0 saturated carbocycles. The van der Waals surface area contributed by atoms with Crippen LogP contribution in [0.2, 0.25) is 0 Å². The Morgan fingerprint density at radius 3 is 2.80 bits per heavy atom. The average Bonchev–Trinajstić information content (AvgIpc) is 1.97. The molecule has 0 bridgehead atoms. The van der Waals surface area contributed by atoms with E-state index < -0.39 is 0 Å². The maximum atomic E-state index is 8.21. The molecule has 0 saturated heterocycles. The Morgan fingerprint density at radius 1 is 1.40 bits per heavy atom. The highest BCUT2D eigenvalue weighted by Crippen LogP contribution is 1.86. The van der Waals surface area contributed by atoms with Gasteiger partial charge in [-0.1, -0.05) is 13.0 Å². The molecule has 0 aliphatic rings. The van der Waals surface area contributed by atoms with Crippen molar-refractivity contribution in [1.29, 1.82) is 0 Å². The zero-order valence-electron chi connectivity index (χ0n) is 6.29. The summed E-state index contributed by atoms with van der Waals surface area (Å²) in [6, 6.07) is 0. The number of aliphatic hydroxyl groups excluding tert-OH is 1. The van der Waals surface area contributed by atoms with Crippen molar-refractivity contribution in [2.24, 2.45) is 0 Å². The Balaban J connectivity index is 2.97. The SMILES string of the molecule is CCC=COCCC=CO. The number of rotatable bonds is 5. The van der Waals surface area contributed by atoms with Gasteiger partial charge >= 0.3 is 0 Å². The third kappa shape index (κ3) is 7.08. The summed E-state index contributed by atoms with van der Waals surface area (Å²) < 4.78 is 5.03. The monoisotopic (exact) mass is 142 g/mol. The number of aliphatic hydroxyl groups is 1. The van der Waals surface area contributed by atoms with Crippen LogP contribution >= 0.6 is 0 Å². The van der Waals surface area contributed by atoms with Crippen molar-refractivity contribution in [3.63, 3.8) is 0 Å². The van der Waals surface area contributed by atoms with Crippen LogP contribution in [0.25, 0.3) is 0 Å². The van der Waals surface area contributed by atoms with Gasteiger partial charge in [0.25, 0.3) is 0 Å². The van der Waals surface area contributed by atoms with Crippen molar-refractivity contribution >= 4 is 0 Å². The van der Waals surface area contributed by atoms with E-state index in [-0.39, 0.29) is 0 Å². The molecule has 1 N–H and O–H groups in total. The first kappa shape index (κ1) is 9.08. The van der Waals surface area contributed by atoms with Gasteiger partial charge < -0.3 is 9.84 Å². The molecular formula is C8H14O2. The molecule has 0 aliphatic heterocycles. The highest BCUT2D eigenvalue weighted by molar-refractivity contribution is 4.73. The zero-order valence-corrected chi connectivity index (χ0v) is 6.29. The molecule has 0 aromatic rings. The number of hydrogen-bond donors (Lipinski definition) is 1. The predicted octanol–water partition coefficient (Wildman–Crippen LogP) is 2.39. The van der Waals surface area contributed by atoms with E-state index in [9.17, 15) is 0 Å². The maximum absolute atomic E-state index is 8.21. The van der Waals surface area contributed by atoms with E-state index in [2.05, 4.69) is 0 Å². The number of ether oxygens (including phenoxy) is 1. The molecule has 0 unspecified atom stereocenters. The number of allylic oxidation sites excluding steroid dienone is 1. The summed E-state index contributed by atoms with van der Waals surface area (Å²) in [6.07, 6.45) is 8.07. The number of hydrogen-bond acceptors (Lipinski definition) is 2. The van der Waals surface area contributed by atoms with Gasteiger partial charge in [0.05, 0.1) is 19.1 Å².